The summed E-state index contributed by atoms with van der Waals surface area (Å²) in [6.07, 6.45) is 1.49. The van der Waals surface area contributed by atoms with E-state index in [4.69, 9.17) is 5.73 Å². The minimum Gasteiger partial charge on any atom is -0.508 e. The van der Waals surface area contributed by atoms with Crippen LogP contribution in [0, 0.1) is 5.92 Å². The Morgan fingerprint density at radius 1 is 0.563 bits per heavy atom. The molecule has 4 rings (SSSR count). The summed E-state index contributed by atoms with van der Waals surface area (Å²) in [6, 6.07) is 10.3. The summed E-state index contributed by atoms with van der Waals surface area (Å²) in [5, 5.41) is 56.1. The van der Waals surface area contributed by atoms with Crippen molar-refractivity contribution in [2.24, 2.45) is 11.7 Å². The zero-order valence-corrected chi connectivity index (χ0v) is 39.2. The number of carbonyl (C=O) groups excluding carboxylic acids is 7. The summed E-state index contributed by atoms with van der Waals surface area (Å²) in [6.45, 7) is 4.10. The molecule has 0 spiro atoms. The molecule has 23 heteroatoms. The van der Waals surface area contributed by atoms with Crippen molar-refractivity contribution in [3.05, 3.63) is 114 Å². The molecule has 0 unspecified atom stereocenters. The number of benzene rings is 3. The SMILES string of the molecule is CC(C)C[C@H](NC(=O)[C@H](Cc1ccccc1)NC(=O)CNC(=O)[C@H](Cc1ccc(O)cc1)NC(=O)[C@H](CC(=O)O)NC(=O)[C@H](C)NC(=O)[C@@H](N)Cc1ccc(O)cc1)C(=O)N[C@@H](Cc1cnc[nH]1)C(=O)O. The van der Waals surface area contributed by atoms with Crippen molar-refractivity contribution in [3.63, 3.8) is 0 Å². The Morgan fingerprint density at radius 3 is 1.62 bits per heavy atom. The van der Waals surface area contributed by atoms with Crippen molar-refractivity contribution in [1.29, 1.82) is 0 Å². The van der Waals surface area contributed by atoms with Crippen LogP contribution in [0.4, 0.5) is 0 Å². The summed E-state index contributed by atoms with van der Waals surface area (Å²) in [5.74, 6) is -9.34. The average molecular weight is 985 g/mol. The Labute approximate surface area is 408 Å². The number of carboxylic acids is 2. The molecule has 0 aliphatic carbocycles. The van der Waals surface area contributed by atoms with Gasteiger partial charge in [0.15, 0.2) is 0 Å². The van der Waals surface area contributed by atoms with Gasteiger partial charge in [-0.1, -0.05) is 68.4 Å². The maximum Gasteiger partial charge on any atom is 0.326 e. The molecular weight excluding hydrogens is 925 g/mol. The van der Waals surface area contributed by atoms with E-state index in [0.717, 1.165) is 0 Å². The van der Waals surface area contributed by atoms with Gasteiger partial charge < -0.3 is 68.4 Å². The number of phenolic OH excluding ortho intramolecular Hbond substituents is 2. The van der Waals surface area contributed by atoms with Crippen LogP contribution >= 0.6 is 0 Å². The zero-order valence-electron chi connectivity index (χ0n) is 39.2. The van der Waals surface area contributed by atoms with Crippen LogP contribution in [-0.2, 0) is 68.8 Å². The lowest BCUT2D eigenvalue weighted by Gasteiger charge is -2.26. The minimum atomic E-state index is -1.78. The number of nitrogens with zero attached hydrogens (tertiary/aromatic N) is 1. The molecule has 23 nitrogen and oxygen atoms in total. The van der Waals surface area contributed by atoms with Gasteiger partial charge in [0.25, 0.3) is 0 Å². The van der Waals surface area contributed by atoms with E-state index in [2.05, 4.69) is 47.2 Å². The molecule has 7 atom stereocenters. The van der Waals surface area contributed by atoms with Gasteiger partial charge in [-0.05, 0) is 66.6 Å². The molecule has 0 bridgehead atoms. The molecular formula is C48H60N10O13. The predicted molar refractivity (Wildman–Crippen MR) is 254 cm³/mol. The van der Waals surface area contributed by atoms with E-state index < -0.39 is 109 Å². The first-order valence-corrected chi connectivity index (χ1v) is 22.5. The first kappa shape index (κ1) is 55.3. The van der Waals surface area contributed by atoms with Crippen molar-refractivity contribution < 1.29 is 63.6 Å². The molecule has 3 aromatic carbocycles. The fourth-order valence-electron chi connectivity index (χ4n) is 7.05. The van der Waals surface area contributed by atoms with Crippen LogP contribution < -0.4 is 43.0 Å². The van der Waals surface area contributed by atoms with Crippen LogP contribution in [0.3, 0.4) is 0 Å². The van der Waals surface area contributed by atoms with Gasteiger partial charge in [0.2, 0.25) is 41.4 Å². The highest BCUT2D eigenvalue weighted by Gasteiger charge is 2.33. The third-order valence-electron chi connectivity index (χ3n) is 10.8. The van der Waals surface area contributed by atoms with Crippen LogP contribution in [0.2, 0.25) is 0 Å². The number of nitrogens with one attached hydrogen (secondary N) is 8. The Balaban J connectivity index is 1.47. The number of hydrogen-bond acceptors (Lipinski definition) is 13. The Bertz CT molecular complexity index is 2450. The highest BCUT2D eigenvalue weighted by Crippen LogP contribution is 2.14. The molecule has 1 aromatic heterocycles. The first-order valence-electron chi connectivity index (χ1n) is 22.5. The average Bonchev–Trinajstić information content (AvgIpc) is 3.84. The summed E-state index contributed by atoms with van der Waals surface area (Å²) >= 11 is 0. The number of aromatic nitrogens is 2. The van der Waals surface area contributed by atoms with Gasteiger partial charge in [-0.25, -0.2) is 9.78 Å². The molecule has 7 amide bonds. The summed E-state index contributed by atoms with van der Waals surface area (Å²) < 4.78 is 0. The van der Waals surface area contributed by atoms with Crippen LogP contribution in [0.5, 0.6) is 11.5 Å². The van der Waals surface area contributed by atoms with E-state index in [1.165, 1.54) is 55.8 Å². The first-order chi connectivity index (χ1) is 33.7. The second-order valence-electron chi connectivity index (χ2n) is 17.2. The number of aromatic hydroxyl groups is 2. The molecule has 0 saturated carbocycles. The number of nitrogens with two attached hydrogens (primary N) is 1. The van der Waals surface area contributed by atoms with Crippen molar-refractivity contribution in [3.8, 4) is 11.5 Å². The lowest BCUT2D eigenvalue weighted by Crippen LogP contribution is -2.59. The smallest absolute Gasteiger partial charge is 0.326 e. The monoisotopic (exact) mass is 984 g/mol. The molecule has 14 N–H and O–H groups in total. The number of hydrogen-bond donors (Lipinski definition) is 13. The van der Waals surface area contributed by atoms with Gasteiger partial charge in [-0.15, -0.1) is 0 Å². The third kappa shape index (κ3) is 18.9. The van der Waals surface area contributed by atoms with E-state index in [-0.39, 0.29) is 49.5 Å². The second-order valence-corrected chi connectivity index (χ2v) is 17.2. The molecule has 4 aromatic rings. The lowest BCUT2D eigenvalue weighted by atomic mass is 10.0. The van der Waals surface area contributed by atoms with E-state index >= 15 is 0 Å². The van der Waals surface area contributed by atoms with Crippen LogP contribution in [0.15, 0.2) is 91.4 Å². The molecule has 0 saturated heterocycles. The Kier molecular flexibility index (Phi) is 21.0. The number of aliphatic carboxylic acids is 2. The quantitative estimate of drug-likeness (QED) is 0.0343. The highest BCUT2D eigenvalue weighted by molar-refractivity contribution is 5.98. The largest absolute Gasteiger partial charge is 0.508 e. The van der Waals surface area contributed by atoms with Crippen molar-refractivity contribution in [2.75, 3.05) is 6.54 Å². The van der Waals surface area contributed by atoms with Crippen molar-refractivity contribution >= 4 is 53.3 Å². The molecule has 0 fully saturated rings. The molecule has 0 radical (unpaired) electrons. The van der Waals surface area contributed by atoms with E-state index in [0.29, 0.717) is 22.4 Å². The maximum absolute atomic E-state index is 14.0. The van der Waals surface area contributed by atoms with Crippen LogP contribution in [-0.4, -0.2) is 133 Å². The molecule has 0 aliphatic heterocycles. The normalized spacial score (nSPS) is 13.9. The molecule has 0 aliphatic rings. The van der Waals surface area contributed by atoms with Gasteiger partial charge in [0.05, 0.1) is 25.3 Å². The Morgan fingerprint density at radius 2 is 1.07 bits per heavy atom. The van der Waals surface area contributed by atoms with Gasteiger partial charge in [-0.3, -0.25) is 38.4 Å². The van der Waals surface area contributed by atoms with Gasteiger partial charge in [0, 0.05) is 31.2 Å². The maximum atomic E-state index is 14.0. The number of phenols is 2. The number of aromatic amines is 1. The summed E-state index contributed by atoms with van der Waals surface area (Å²) in [4.78, 5) is 125. The number of carboxylic acid groups (broad SMARTS) is 2. The topological polar surface area (TPSA) is 373 Å². The molecule has 380 valence electrons. The molecule has 71 heavy (non-hydrogen) atoms. The fraction of sp³-hybridized carbons (Fsp3) is 0.375. The Hall–Kier alpha value is -8.34. The van der Waals surface area contributed by atoms with Gasteiger partial charge in [0.1, 0.15) is 47.8 Å². The van der Waals surface area contributed by atoms with E-state index in [9.17, 15) is 63.6 Å². The van der Waals surface area contributed by atoms with Crippen molar-refractivity contribution in [2.45, 2.75) is 102 Å². The van der Waals surface area contributed by atoms with E-state index in [1.54, 1.807) is 56.3 Å². The third-order valence-corrected chi connectivity index (χ3v) is 10.8. The van der Waals surface area contributed by atoms with Crippen LogP contribution in [0.25, 0.3) is 0 Å². The zero-order chi connectivity index (χ0) is 52.2. The van der Waals surface area contributed by atoms with Gasteiger partial charge >= 0.3 is 11.9 Å². The van der Waals surface area contributed by atoms with E-state index in [1.807, 2.05) is 0 Å². The minimum absolute atomic E-state index is 0.00957. The highest BCUT2D eigenvalue weighted by atomic mass is 16.4. The lowest BCUT2D eigenvalue weighted by molar-refractivity contribution is -0.142. The number of carbonyl (C=O) groups is 9. The molecule has 1 heterocycles. The summed E-state index contributed by atoms with van der Waals surface area (Å²) in [7, 11) is 0. The summed E-state index contributed by atoms with van der Waals surface area (Å²) in [5.41, 5.74) is 8.10. The number of rotatable bonds is 27. The number of imidazole rings is 1. The van der Waals surface area contributed by atoms with Crippen LogP contribution in [0.1, 0.15) is 56.0 Å². The fourth-order valence-corrected chi connectivity index (χ4v) is 7.05. The predicted octanol–water partition coefficient (Wildman–Crippen LogP) is -0.931. The second kappa shape index (κ2) is 27.0. The standard InChI is InChI=1S/C48H60N10O13/c1-26(2)17-35(45(67)58-39(48(70)71)21-31-23-50-25-52-31)56-46(68)37(19-28-7-5-4-6-8-28)54-40(61)24-51-44(66)36(20-30-11-15-33(60)16-12-30)57-47(69)38(22-41(62)63)55-42(64)27(3)53-43(65)34(49)18-29-9-13-32(59)14-10-29/h4-16,23,25-27,34-39,59-60H,17-22,24,49H2,1-3H3,(H,50,52)(H,51,66)(H,53,65)(H,54,61)(H,55,64)(H,56,68)(H,57,69)(H,58,67)(H,62,63)(H,70,71)/t27-,34-,35-,36-,37-,38-,39-/m0/s1. The van der Waals surface area contributed by atoms with Gasteiger partial charge in [-0.2, -0.15) is 0 Å². The number of H-pyrrole nitrogens is 1. The number of amides is 7. The van der Waals surface area contributed by atoms with Crippen molar-refractivity contribution in [1.82, 2.24) is 47.2 Å².